The smallest absolute Gasteiger partial charge is 0.169 e. The first-order valence-corrected chi connectivity index (χ1v) is 11.0. The average Bonchev–Trinajstić information content (AvgIpc) is 3.20. The highest BCUT2D eigenvalue weighted by Crippen LogP contribution is 2.22. The van der Waals surface area contributed by atoms with Gasteiger partial charge in [-0.1, -0.05) is 36.4 Å². The number of hydrogen-bond acceptors (Lipinski definition) is 4. The molecule has 0 spiro atoms. The summed E-state index contributed by atoms with van der Waals surface area (Å²) in [6.45, 7) is 1.29. The van der Waals surface area contributed by atoms with Crippen molar-refractivity contribution in [3.63, 3.8) is 0 Å². The number of rotatable bonds is 5. The number of sulfone groups is 1. The number of benzene rings is 1. The monoisotopic (exact) mass is 380 g/mol. The van der Waals surface area contributed by atoms with E-state index in [-0.39, 0.29) is 17.5 Å². The molecule has 0 bridgehead atoms. The highest BCUT2D eigenvalue weighted by Gasteiger charge is 2.33. The molecular formula is C17H20N2O2S3. The van der Waals surface area contributed by atoms with Crippen molar-refractivity contribution in [1.29, 1.82) is 0 Å². The molecule has 3 rings (SSSR count). The second-order valence-electron chi connectivity index (χ2n) is 5.91. The number of thiocarbonyl (C=S) groups is 1. The summed E-state index contributed by atoms with van der Waals surface area (Å²) < 4.78 is 23.7. The third-order valence-corrected chi connectivity index (χ3v) is 7.09. The predicted octanol–water partition coefficient (Wildman–Crippen LogP) is 2.81. The summed E-state index contributed by atoms with van der Waals surface area (Å²) in [4.78, 5) is 3.22. The van der Waals surface area contributed by atoms with E-state index in [1.54, 1.807) is 11.3 Å². The van der Waals surface area contributed by atoms with E-state index >= 15 is 0 Å². The van der Waals surface area contributed by atoms with Gasteiger partial charge in [-0.2, -0.15) is 0 Å². The van der Waals surface area contributed by atoms with Gasteiger partial charge in [0.2, 0.25) is 0 Å². The van der Waals surface area contributed by atoms with Crippen LogP contribution in [0.2, 0.25) is 0 Å². The SMILES string of the molecule is O=S1(=O)CC[C@H](N(Cc2cccs2)C(=S)NCc2ccccc2)C1. The molecule has 24 heavy (non-hydrogen) atoms. The van der Waals surface area contributed by atoms with E-state index in [0.717, 1.165) is 5.56 Å². The molecule has 1 saturated heterocycles. The minimum absolute atomic E-state index is 0.0483. The minimum atomic E-state index is -2.95. The summed E-state index contributed by atoms with van der Waals surface area (Å²) in [5.41, 5.74) is 1.15. The van der Waals surface area contributed by atoms with Crippen LogP contribution in [0, 0.1) is 0 Å². The lowest BCUT2D eigenvalue weighted by molar-refractivity contribution is 0.325. The Kier molecular flexibility index (Phi) is 5.53. The number of nitrogens with one attached hydrogen (secondary N) is 1. The van der Waals surface area contributed by atoms with E-state index in [9.17, 15) is 8.42 Å². The van der Waals surface area contributed by atoms with Gasteiger partial charge in [0.15, 0.2) is 14.9 Å². The highest BCUT2D eigenvalue weighted by atomic mass is 32.2. The van der Waals surface area contributed by atoms with Crippen LogP contribution in [0.15, 0.2) is 47.8 Å². The molecular weight excluding hydrogens is 360 g/mol. The Morgan fingerprint density at radius 3 is 2.67 bits per heavy atom. The lowest BCUT2D eigenvalue weighted by atomic mass is 10.2. The molecule has 0 saturated carbocycles. The van der Waals surface area contributed by atoms with Crippen molar-refractivity contribution in [2.24, 2.45) is 0 Å². The van der Waals surface area contributed by atoms with Crippen molar-refractivity contribution in [2.75, 3.05) is 11.5 Å². The number of hydrogen-bond donors (Lipinski definition) is 1. The Morgan fingerprint density at radius 2 is 2.04 bits per heavy atom. The van der Waals surface area contributed by atoms with E-state index in [4.69, 9.17) is 12.2 Å². The first-order chi connectivity index (χ1) is 11.5. The van der Waals surface area contributed by atoms with Crippen molar-refractivity contribution in [1.82, 2.24) is 10.2 Å². The van der Waals surface area contributed by atoms with Crippen LogP contribution < -0.4 is 5.32 Å². The molecule has 1 aromatic heterocycles. The summed E-state index contributed by atoms with van der Waals surface area (Å²) in [6.07, 6.45) is 0.640. The normalized spacial score (nSPS) is 19.1. The zero-order valence-electron chi connectivity index (χ0n) is 13.2. The van der Waals surface area contributed by atoms with Crippen molar-refractivity contribution in [3.05, 3.63) is 58.3 Å². The van der Waals surface area contributed by atoms with Crippen molar-refractivity contribution < 1.29 is 8.42 Å². The van der Waals surface area contributed by atoms with Crippen LogP contribution in [0.25, 0.3) is 0 Å². The van der Waals surface area contributed by atoms with Crippen molar-refractivity contribution in [2.45, 2.75) is 25.6 Å². The molecule has 2 heterocycles. The van der Waals surface area contributed by atoms with Gasteiger partial charge in [-0.25, -0.2) is 8.42 Å². The molecule has 1 N–H and O–H groups in total. The highest BCUT2D eigenvalue weighted by molar-refractivity contribution is 7.91. The number of nitrogens with zero attached hydrogens (tertiary/aromatic N) is 1. The van der Waals surface area contributed by atoms with E-state index in [1.165, 1.54) is 4.88 Å². The third-order valence-electron chi connectivity index (χ3n) is 4.10. The van der Waals surface area contributed by atoms with Crippen LogP contribution in [0.4, 0.5) is 0 Å². The molecule has 1 atom stereocenters. The Hall–Kier alpha value is -1.44. The molecule has 0 radical (unpaired) electrons. The molecule has 128 valence electrons. The summed E-state index contributed by atoms with van der Waals surface area (Å²) in [5.74, 6) is 0.436. The molecule has 0 aliphatic carbocycles. The Bertz CT molecular complexity index is 773. The molecule has 2 aromatic rings. The molecule has 0 unspecified atom stereocenters. The maximum atomic E-state index is 11.9. The maximum absolute atomic E-state index is 11.9. The second-order valence-corrected chi connectivity index (χ2v) is 9.56. The first kappa shape index (κ1) is 17.4. The Morgan fingerprint density at radius 1 is 1.25 bits per heavy atom. The molecule has 1 aromatic carbocycles. The zero-order chi connectivity index (χ0) is 17.0. The summed E-state index contributed by atoms with van der Waals surface area (Å²) in [5, 5.41) is 5.93. The minimum Gasteiger partial charge on any atom is -0.358 e. The summed E-state index contributed by atoms with van der Waals surface area (Å²) in [6, 6.07) is 14.1. The van der Waals surface area contributed by atoms with E-state index in [0.29, 0.717) is 24.6 Å². The van der Waals surface area contributed by atoms with E-state index in [1.807, 2.05) is 46.7 Å². The first-order valence-electron chi connectivity index (χ1n) is 7.85. The fourth-order valence-corrected chi connectivity index (χ4v) is 5.55. The van der Waals surface area contributed by atoms with Gasteiger partial charge in [-0.05, 0) is 35.6 Å². The van der Waals surface area contributed by atoms with E-state index in [2.05, 4.69) is 11.4 Å². The van der Waals surface area contributed by atoms with Crippen LogP contribution in [-0.4, -0.2) is 36.0 Å². The Balaban J connectivity index is 1.70. The van der Waals surface area contributed by atoms with Gasteiger partial charge in [0, 0.05) is 17.5 Å². The summed E-state index contributed by atoms with van der Waals surface area (Å²) in [7, 11) is -2.95. The van der Waals surface area contributed by atoms with Gasteiger partial charge >= 0.3 is 0 Å². The second kappa shape index (κ2) is 7.63. The van der Waals surface area contributed by atoms with Crippen molar-refractivity contribution >= 4 is 38.5 Å². The standard InChI is InChI=1S/C17H20N2O2S3/c20-24(21)10-8-15(13-24)19(12-16-7-4-9-23-16)17(22)18-11-14-5-2-1-3-6-14/h1-7,9,15H,8,10-13H2,(H,18,22)/t15-/m0/s1. The molecule has 1 aliphatic heterocycles. The van der Waals surface area contributed by atoms with Gasteiger partial charge in [0.1, 0.15) is 0 Å². The maximum Gasteiger partial charge on any atom is 0.169 e. The van der Waals surface area contributed by atoms with Gasteiger partial charge < -0.3 is 10.2 Å². The lowest BCUT2D eigenvalue weighted by Gasteiger charge is -2.30. The predicted molar refractivity (Wildman–Crippen MR) is 103 cm³/mol. The van der Waals surface area contributed by atoms with Crippen LogP contribution in [0.3, 0.4) is 0 Å². The largest absolute Gasteiger partial charge is 0.358 e. The van der Waals surface area contributed by atoms with Crippen LogP contribution in [0.5, 0.6) is 0 Å². The van der Waals surface area contributed by atoms with Crippen LogP contribution in [-0.2, 0) is 22.9 Å². The van der Waals surface area contributed by atoms with Crippen LogP contribution >= 0.6 is 23.6 Å². The Labute approximate surface area is 152 Å². The molecule has 1 aliphatic rings. The van der Waals surface area contributed by atoms with Crippen molar-refractivity contribution in [3.8, 4) is 0 Å². The molecule has 0 amide bonds. The van der Waals surface area contributed by atoms with Gasteiger partial charge in [0.05, 0.1) is 18.1 Å². The summed E-state index contributed by atoms with van der Waals surface area (Å²) >= 11 is 7.25. The molecule has 4 nitrogen and oxygen atoms in total. The average molecular weight is 381 g/mol. The molecule has 1 fully saturated rings. The quantitative estimate of drug-likeness (QED) is 0.809. The van der Waals surface area contributed by atoms with Gasteiger partial charge in [0.25, 0.3) is 0 Å². The third kappa shape index (κ3) is 4.55. The lowest BCUT2D eigenvalue weighted by Crippen LogP contribution is -2.45. The number of thiophene rings is 1. The fourth-order valence-electron chi connectivity index (χ4n) is 2.83. The molecule has 7 heteroatoms. The zero-order valence-corrected chi connectivity index (χ0v) is 15.7. The van der Waals surface area contributed by atoms with E-state index < -0.39 is 9.84 Å². The fraction of sp³-hybridized carbons (Fsp3) is 0.353. The van der Waals surface area contributed by atoms with Gasteiger partial charge in [-0.15, -0.1) is 11.3 Å². The topological polar surface area (TPSA) is 49.4 Å². The van der Waals surface area contributed by atoms with Gasteiger partial charge in [-0.3, -0.25) is 0 Å². The van der Waals surface area contributed by atoms with Crippen LogP contribution in [0.1, 0.15) is 16.9 Å².